The normalized spacial score (nSPS) is 11.1. The standard InChI is InChI=1S/C19H22N2O4S/c1-13(2)20-19(22)15-9-11-16(12-10-15)26(23,24)21-14(3)17-7-5-6-8-18(17)25-4/h5-13,21H,3H2,1-2,4H3,(H,20,22). The van der Waals surface area contributed by atoms with Crippen molar-refractivity contribution < 1.29 is 17.9 Å². The van der Waals surface area contributed by atoms with Gasteiger partial charge in [0.25, 0.3) is 15.9 Å². The van der Waals surface area contributed by atoms with Gasteiger partial charge < -0.3 is 10.1 Å². The van der Waals surface area contributed by atoms with Gasteiger partial charge in [-0.15, -0.1) is 0 Å². The van der Waals surface area contributed by atoms with E-state index in [1.807, 2.05) is 13.8 Å². The number of carbonyl (C=O) groups excluding carboxylic acids is 1. The van der Waals surface area contributed by atoms with Crippen LogP contribution in [-0.4, -0.2) is 27.5 Å². The summed E-state index contributed by atoms with van der Waals surface area (Å²) in [6.07, 6.45) is 0. The maximum Gasteiger partial charge on any atom is 0.261 e. The lowest BCUT2D eigenvalue weighted by molar-refractivity contribution is 0.0943. The van der Waals surface area contributed by atoms with E-state index in [9.17, 15) is 13.2 Å². The van der Waals surface area contributed by atoms with Gasteiger partial charge in [0.1, 0.15) is 5.75 Å². The fraction of sp³-hybridized carbons (Fsp3) is 0.211. The van der Waals surface area contributed by atoms with Crippen molar-refractivity contribution in [1.29, 1.82) is 0 Å². The first-order valence-corrected chi connectivity index (χ1v) is 9.49. The summed E-state index contributed by atoms with van der Waals surface area (Å²) in [6.45, 7) is 7.49. The Bertz CT molecular complexity index is 903. The maximum absolute atomic E-state index is 12.6. The summed E-state index contributed by atoms with van der Waals surface area (Å²) in [4.78, 5) is 12.0. The molecule has 2 aromatic rings. The predicted octanol–water partition coefficient (Wildman–Crippen LogP) is 2.78. The molecule has 2 N–H and O–H groups in total. The fourth-order valence-electron chi connectivity index (χ4n) is 2.30. The number of hydrogen-bond acceptors (Lipinski definition) is 4. The Morgan fingerprint density at radius 3 is 2.27 bits per heavy atom. The number of rotatable bonds is 7. The lowest BCUT2D eigenvalue weighted by Gasteiger charge is -2.14. The van der Waals surface area contributed by atoms with Gasteiger partial charge in [-0.05, 0) is 50.2 Å². The van der Waals surface area contributed by atoms with Crippen LogP contribution in [0.5, 0.6) is 5.75 Å². The maximum atomic E-state index is 12.6. The topological polar surface area (TPSA) is 84.5 Å². The van der Waals surface area contributed by atoms with Gasteiger partial charge in [-0.3, -0.25) is 9.52 Å². The number of amides is 1. The van der Waals surface area contributed by atoms with Crippen molar-refractivity contribution in [2.45, 2.75) is 24.8 Å². The van der Waals surface area contributed by atoms with Crippen molar-refractivity contribution in [3.63, 3.8) is 0 Å². The van der Waals surface area contributed by atoms with Crippen molar-refractivity contribution >= 4 is 21.6 Å². The number of ether oxygens (including phenoxy) is 1. The van der Waals surface area contributed by atoms with Crippen LogP contribution in [0.3, 0.4) is 0 Å². The molecule has 0 radical (unpaired) electrons. The number of carbonyl (C=O) groups is 1. The van der Waals surface area contributed by atoms with Crippen LogP contribution in [-0.2, 0) is 10.0 Å². The summed E-state index contributed by atoms with van der Waals surface area (Å²) in [5, 5.41) is 2.75. The van der Waals surface area contributed by atoms with Crippen molar-refractivity contribution in [2.24, 2.45) is 0 Å². The van der Waals surface area contributed by atoms with Gasteiger partial charge in [-0.2, -0.15) is 0 Å². The SMILES string of the molecule is C=C(NS(=O)(=O)c1ccc(C(=O)NC(C)C)cc1)c1ccccc1OC. The fourth-order valence-corrected chi connectivity index (χ4v) is 3.35. The second-order valence-electron chi connectivity index (χ2n) is 5.94. The molecule has 2 aromatic carbocycles. The molecule has 0 unspecified atom stereocenters. The van der Waals surface area contributed by atoms with E-state index < -0.39 is 10.0 Å². The summed E-state index contributed by atoms with van der Waals surface area (Å²) in [5.74, 6) is 0.260. The molecular weight excluding hydrogens is 352 g/mol. The minimum absolute atomic E-state index is 0.00301. The third-order valence-electron chi connectivity index (χ3n) is 3.54. The van der Waals surface area contributed by atoms with Gasteiger partial charge in [0.15, 0.2) is 0 Å². The van der Waals surface area contributed by atoms with Crippen LogP contribution in [0.2, 0.25) is 0 Å². The number of para-hydroxylation sites is 1. The second kappa shape index (κ2) is 8.05. The van der Waals surface area contributed by atoms with E-state index in [-0.39, 0.29) is 22.5 Å². The molecule has 0 aliphatic rings. The summed E-state index contributed by atoms with van der Waals surface area (Å²) in [5.41, 5.74) is 1.14. The molecule has 0 saturated heterocycles. The first-order valence-electron chi connectivity index (χ1n) is 8.00. The third-order valence-corrected chi connectivity index (χ3v) is 4.94. The highest BCUT2D eigenvalue weighted by Gasteiger charge is 2.18. The Labute approximate surface area is 153 Å². The molecule has 6 nitrogen and oxygen atoms in total. The average Bonchev–Trinajstić information content (AvgIpc) is 2.60. The van der Waals surface area contributed by atoms with Crippen LogP contribution < -0.4 is 14.8 Å². The van der Waals surface area contributed by atoms with Crippen LogP contribution in [0.4, 0.5) is 0 Å². The van der Waals surface area contributed by atoms with Crippen LogP contribution in [0.1, 0.15) is 29.8 Å². The third kappa shape index (κ3) is 4.64. The lowest BCUT2D eigenvalue weighted by atomic mass is 10.1. The predicted molar refractivity (Wildman–Crippen MR) is 101 cm³/mol. The minimum atomic E-state index is -3.83. The second-order valence-corrected chi connectivity index (χ2v) is 7.62. The van der Waals surface area contributed by atoms with Gasteiger partial charge in [-0.25, -0.2) is 8.42 Å². The number of hydrogen-bond donors (Lipinski definition) is 2. The van der Waals surface area contributed by atoms with Crippen molar-refractivity contribution in [2.75, 3.05) is 7.11 Å². The van der Waals surface area contributed by atoms with Gasteiger partial charge in [-0.1, -0.05) is 18.7 Å². The van der Waals surface area contributed by atoms with Crippen molar-refractivity contribution in [3.05, 3.63) is 66.2 Å². The molecule has 0 aliphatic heterocycles. The van der Waals surface area contributed by atoms with Crippen molar-refractivity contribution in [1.82, 2.24) is 10.0 Å². The smallest absolute Gasteiger partial charge is 0.261 e. The summed E-state index contributed by atoms with van der Waals surface area (Å²) >= 11 is 0. The van der Waals surface area contributed by atoms with Crippen LogP contribution in [0.25, 0.3) is 5.70 Å². The molecular formula is C19H22N2O4S. The average molecular weight is 374 g/mol. The number of sulfonamides is 1. The van der Waals surface area contributed by atoms with E-state index in [4.69, 9.17) is 4.74 Å². The van der Waals surface area contributed by atoms with E-state index in [1.165, 1.54) is 31.4 Å². The number of benzene rings is 2. The van der Waals surface area contributed by atoms with E-state index >= 15 is 0 Å². The van der Waals surface area contributed by atoms with E-state index in [2.05, 4.69) is 16.6 Å². The van der Waals surface area contributed by atoms with E-state index in [0.29, 0.717) is 16.9 Å². The highest BCUT2D eigenvalue weighted by atomic mass is 32.2. The molecule has 0 heterocycles. The van der Waals surface area contributed by atoms with Gasteiger partial charge in [0, 0.05) is 17.2 Å². The molecule has 0 atom stereocenters. The molecule has 1 amide bonds. The molecule has 0 fully saturated rings. The van der Waals surface area contributed by atoms with Crippen LogP contribution in [0, 0.1) is 0 Å². The summed E-state index contributed by atoms with van der Waals surface area (Å²) in [7, 11) is -2.33. The molecule has 0 bridgehead atoms. The van der Waals surface area contributed by atoms with Gasteiger partial charge >= 0.3 is 0 Å². The van der Waals surface area contributed by atoms with Crippen molar-refractivity contribution in [3.8, 4) is 5.75 Å². The quantitative estimate of drug-likeness (QED) is 0.780. The Balaban J connectivity index is 2.19. The highest BCUT2D eigenvalue weighted by Crippen LogP contribution is 2.24. The zero-order valence-corrected chi connectivity index (χ0v) is 15.8. The summed E-state index contributed by atoms with van der Waals surface area (Å²) < 4.78 is 32.8. The lowest BCUT2D eigenvalue weighted by Crippen LogP contribution is -2.30. The molecule has 138 valence electrons. The molecule has 0 aliphatic carbocycles. The molecule has 0 aromatic heterocycles. The largest absolute Gasteiger partial charge is 0.496 e. The first kappa shape index (κ1) is 19.5. The highest BCUT2D eigenvalue weighted by molar-refractivity contribution is 7.89. The van der Waals surface area contributed by atoms with Gasteiger partial charge in [0.05, 0.1) is 17.7 Å². The van der Waals surface area contributed by atoms with Gasteiger partial charge in [0.2, 0.25) is 0 Å². The molecule has 0 spiro atoms. The monoisotopic (exact) mass is 374 g/mol. The molecule has 0 saturated carbocycles. The number of nitrogens with one attached hydrogen (secondary N) is 2. The van der Waals surface area contributed by atoms with E-state index in [1.54, 1.807) is 24.3 Å². The first-order chi connectivity index (χ1) is 12.2. The summed E-state index contributed by atoms with van der Waals surface area (Å²) in [6, 6.07) is 12.7. The molecule has 26 heavy (non-hydrogen) atoms. The Morgan fingerprint density at radius 2 is 1.69 bits per heavy atom. The zero-order valence-electron chi connectivity index (χ0n) is 14.9. The Hall–Kier alpha value is -2.80. The molecule has 7 heteroatoms. The Morgan fingerprint density at radius 1 is 1.08 bits per heavy atom. The minimum Gasteiger partial charge on any atom is -0.496 e. The van der Waals surface area contributed by atoms with E-state index in [0.717, 1.165) is 0 Å². The Kier molecular flexibility index (Phi) is 6.05. The zero-order chi connectivity index (χ0) is 19.3. The van der Waals surface area contributed by atoms with Crippen LogP contribution in [0.15, 0.2) is 60.0 Å². The molecule has 2 rings (SSSR count). The number of methoxy groups -OCH3 is 1. The van der Waals surface area contributed by atoms with Crippen LogP contribution >= 0.6 is 0 Å².